The molecular weight excluding hydrogens is 294 g/mol. The van der Waals surface area contributed by atoms with Crippen molar-refractivity contribution in [3.05, 3.63) is 24.0 Å². The van der Waals surface area contributed by atoms with Crippen LogP contribution < -0.4 is 5.32 Å². The number of carbonyl (C=O) groups is 1. The summed E-state index contributed by atoms with van der Waals surface area (Å²) in [4.78, 5) is 15.1. The molecule has 1 amide bonds. The van der Waals surface area contributed by atoms with Gasteiger partial charge in [0.05, 0.1) is 13.2 Å². The molecule has 0 fully saturated rings. The molecule has 0 bridgehead atoms. The number of nitrogens with one attached hydrogen (secondary N) is 1. The lowest BCUT2D eigenvalue weighted by molar-refractivity contribution is -0.120. The number of likely N-dealkylation sites (N-methyl/N-ethyl adjacent to an activating group) is 2. The maximum absolute atomic E-state index is 12.3. The van der Waals surface area contributed by atoms with E-state index in [1.165, 1.54) is 32.6 Å². The predicted octanol–water partition coefficient (Wildman–Crippen LogP) is -0.818. The maximum atomic E-state index is 12.3. The Balaban J connectivity index is 3.01. The lowest BCUT2D eigenvalue weighted by atomic mass is 10.3. The van der Waals surface area contributed by atoms with Crippen LogP contribution in [0.25, 0.3) is 0 Å². The van der Waals surface area contributed by atoms with Gasteiger partial charge in [-0.3, -0.25) is 9.78 Å². The number of pyridine rings is 1. The smallest absolute Gasteiger partial charge is 0.244 e. The molecular formula is C13H17N3O4S. The molecule has 2 N–H and O–H groups in total. The monoisotopic (exact) mass is 311 g/mol. The normalized spacial score (nSPS) is 10.9. The summed E-state index contributed by atoms with van der Waals surface area (Å²) >= 11 is 0. The second-order valence-electron chi connectivity index (χ2n) is 4.12. The molecule has 7 nitrogen and oxygen atoms in total. The Morgan fingerprint density at radius 3 is 2.81 bits per heavy atom. The van der Waals surface area contributed by atoms with Crippen LogP contribution in [0.1, 0.15) is 12.0 Å². The summed E-state index contributed by atoms with van der Waals surface area (Å²) in [6.45, 7) is -0.341. The number of aliphatic hydroxyl groups excluding tert-OH is 1. The Morgan fingerprint density at radius 2 is 2.19 bits per heavy atom. The maximum Gasteiger partial charge on any atom is 0.244 e. The van der Waals surface area contributed by atoms with E-state index < -0.39 is 15.9 Å². The number of aromatic nitrogens is 1. The molecule has 0 aliphatic carbocycles. The van der Waals surface area contributed by atoms with Gasteiger partial charge < -0.3 is 10.4 Å². The highest BCUT2D eigenvalue weighted by molar-refractivity contribution is 7.89. The lowest BCUT2D eigenvalue weighted by Crippen LogP contribution is -2.36. The van der Waals surface area contributed by atoms with Crippen molar-refractivity contribution in [3.8, 4) is 11.8 Å². The van der Waals surface area contributed by atoms with Gasteiger partial charge in [-0.1, -0.05) is 11.8 Å². The molecule has 0 aromatic carbocycles. The van der Waals surface area contributed by atoms with E-state index in [1.54, 1.807) is 0 Å². The van der Waals surface area contributed by atoms with E-state index in [2.05, 4.69) is 22.1 Å². The Kier molecular flexibility index (Phi) is 6.30. The molecule has 0 saturated carbocycles. The van der Waals surface area contributed by atoms with E-state index in [1.807, 2.05) is 0 Å². The molecule has 0 radical (unpaired) electrons. The second-order valence-corrected chi connectivity index (χ2v) is 6.16. The first-order chi connectivity index (χ1) is 9.91. The molecule has 8 heteroatoms. The molecule has 0 unspecified atom stereocenters. The molecule has 1 heterocycles. The fourth-order valence-corrected chi connectivity index (χ4v) is 2.51. The standard InChI is InChI=1S/C13H17N3O4S/c1-14-13(18)10-16(2)21(19,20)12-7-11(8-15-9-12)5-3-4-6-17/h7-9,17H,4,6,10H2,1-2H3,(H,14,18). The molecule has 1 aromatic heterocycles. The first-order valence-electron chi connectivity index (χ1n) is 6.13. The number of rotatable bonds is 5. The molecule has 0 spiro atoms. The Morgan fingerprint density at radius 1 is 1.48 bits per heavy atom. The third-order valence-corrected chi connectivity index (χ3v) is 4.30. The second kappa shape index (κ2) is 7.73. The van der Waals surface area contributed by atoms with Crippen LogP contribution in [0.5, 0.6) is 0 Å². The van der Waals surface area contributed by atoms with Crippen molar-refractivity contribution < 1.29 is 18.3 Å². The van der Waals surface area contributed by atoms with Gasteiger partial charge >= 0.3 is 0 Å². The molecule has 114 valence electrons. The lowest BCUT2D eigenvalue weighted by Gasteiger charge is -2.15. The summed E-state index contributed by atoms with van der Waals surface area (Å²) in [5.41, 5.74) is 0.429. The van der Waals surface area contributed by atoms with Crippen LogP contribution in [0.2, 0.25) is 0 Å². The average Bonchev–Trinajstić information content (AvgIpc) is 2.47. The summed E-state index contributed by atoms with van der Waals surface area (Å²) in [7, 11) is -1.06. The van der Waals surface area contributed by atoms with Crippen molar-refractivity contribution in [1.29, 1.82) is 0 Å². The molecule has 0 aliphatic rings. The van der Waals surface area contributed by atoms with Crippen LogP contribution in [-0.2, 0) is 14.8 Å². The van der Waals surface area contributed by atoms with Gasteiger partial charge in [0.2, 0.25) is 15.9 Å². The summed E-state index contributed by atoms with van der Waals surface area (Å²) in [5.74, 6) is 4.99. The first-order valence-corrected chi connectivity index (χ1v) is 7.57. The van der Waals surface area contributed by atoms with Crippen LogP contribution in [0.4, 0.5) is 0 Å². The largest absolute Gasteiger partial charge is 0.395 e. The number of amides is 1. The Bertz CT molecular complexity index is 661. The Labute approximate surface area is 124 Å². The zero-order valence-electron chi connectivity index (χ0n) is 11.8. The minimum atomic E-state index is -3.80. The fourth-order valence-electron chi connectivity index (χ4n) is 1.39. The van der Waals surface area contributed by atoms with Crippen LogP contribution in [-0.4, -0.2) is 56.0 Å². The minimum Gasteiger partial charge on any atom is -0.395 e. The molecule has 0 atom stereocenters. The summed E-state index contributed by atoms with van der Waals surface area (Å²) in [5, 5.41) is 11.0. The van der Waals surface area contributed by atoms with Crippen molar-refractivity contribution in [1.82, 2.24) is 14.6 Å². The summed E-state index contributed by atoms with van der Waals surface area (Å²) in [6, 6.07) is 1.38. The van der Waals surface area contributed by atoms with Crippen LogP contribution in [0, 0.1) is 11.8 Å². The van der Waals surface area contributed by atoms with E-state index in [0.29, 0.717) is 12.0 Å². The van der Waals surface area contributed by atoms with E-state index >= 15 is 0 Å². The summed E-state index contributed by atoms with van der Waals surface area (Å²) in [6.07, 6.45) is 2.93. The first kappa shape index (κ1) is 17.1. The van der Waals surface area contributed by atoms with Gasteiger partial charge in [0.15, 0.2) is 0 Å². The Hall–Kier alpha value is -1.95. The van der Waals surface area contributed by atoms with E-state index in [0.717, 1.165) is 4.31 Å². The molecule has 1 aromatic rings. The van der Waals surface area contributed by atoms with Gasteiger partial charge in [-0.25, -0.2) is 8.42 Å². The molecule has 0 saturated heterocycles. The fraction of sp³-hybridized carbons (Fsp3) is 0.385. The predicted molar refractivity (Wildman–Crippen MR) is 76.7 cm³/mol. The number of nitrogens with zero attached hydrogens (tertiary/aromatic N) is 2. The van der Waals surface area contributed by atoms with Gasteiger partial charge in [-0.05, 0) is 6.07 Å². The van der Waals surface area contributed by atoms with Crippen molar-refractivity contribution in [2.75, 3.05) is 27.2 Å². The van der Waals surface area contributed by atoms with Gasteiger partial charge in [0.1, 0.15) is 4.90 Å². The van der Waals surface area contributed by atoms with Gasteiger partial charge in [0, 0.05) is 38.5 Å². The molecule has 0 aliphatic heterocycles. The number of sulfonamides is 1. The third-order valence-electron chi connectivity index (χ3n) is 2.54. The number of hydrogen-bond acceptors (Lipinski definition) is 5. The van der Waals surface area contributed by atoms with Crippen LogP contribution in [0.15, 0.2) is 23.4 Å². The average molecular weight is 311 g/mol. The highest BCUT2D eigenvalue weighted by Gasteiger charge is 2.23. The van der Waals surface area contributed by atoms with E-state index in [-0.39, 0.29) is 18.0 Å². The zero-order chi connectivity index (χ0) is 15.9. The van der Waals surface area contributed by atoms with Gasteiger partial charge in [-0.2, -0.15) is 4.31 Å². The number of hydrogen-bond donors (Lipinski definition) is 2. The topological polar surface area (TPSA) is 99.6 Å². The minimum absolute atomic E-state index is 0.0373. The number of carbonyl (C=O) groups excluding carboxylic acids is 1. The van der Waals surface area contributed by atoms with Gasteiger partial charge in [0.25, 0.3) is 0 Å². The molecule has 1 rings (SSSR count). The SMILES string of the molecule is CNC(=O)CN(C)S(=O)(=O)c1cncc(C#CCCO)c1. The van der Waals surface area contributed by atoms with E-state index in [9.17, 15) is 13.2 Å². The van der Waals surface area contributed by atoms with E-state index in [4.69, 9.17) is 5.11 Å². The zero-order valence-corrected chi connectivity index (χ0v) is 12.6. The number of aliphatic hydroxyl groups is 1. The third kappa shape index (κ3) is 4.82. The van der Waals surface area contributed by atoms with Crippen molar-refractivity contribution in [3.63, 3.8) is 0 Å². The van der Waals surface area contributed by atoms with Crippen LogP contribution >= 0.6 is 0 Å². The summed E-state index contributed by atoms with van der Waals surface area (Å²) < 4.78 is 25.5. The van der Waals surface area contributed by atoms with Crippen molar-refractivity contribution in [2.45, 2.75) is 11.3 Å². The van der Waals surface area contributed by atoms with Crippen molar-refractivity contribution in [2.24, 2.45) is 0 Å². The molecule has 21 heavy (non-hydrogen) atoms. The quantitative estimate of drug-likeness (QED) is 0.692. The van der Waals surface area contributed by atoms with Crippen LogP contribution in [0.3, 0.4) is 0 Å². The van der Waals surface area contributed by atoms with Gasteiger partial charge in [-0.15, -0.1) is 0 Å². The highest BCUT2D eigenvalue weighted by Crippen LogP contribution is 2.14. The highest BCUT2D eigenvalue weighted by atomic mass is 32.2. The van der Waals surface area contributed by atoms with Crippen molar-refractivity contribution >= 4 is 15.9 Å².